The minimum Gasteiger partial charge on any atom is -0.457 e. The van der Waals surface area contributed by atoms with Crippen LogP contribution in [0.15, 0.2) is 42.5 Å². The Morgan fingerprint density at radius 3 is 2.35 bits per heavy atom. The zero-order chi connectivity index (χ0) is 12.3. The van der Waals surface area contributed by atoms with Crippen molar-refractivity contribution in [3.63, 3.8) is 0 Å². The fraction of sp³-hybridized carbons (Fsp3) is 0. The summed E-state index contributed by atoms with van der Waals surface area (Å²) in [6.45, 7) is 0. The molecule has 0 aliphatic rings. The SMILES string of the molecule is O=Cc1c(Cl)cccc1Oc1ccc(Cl)cc1. The predicted octanol–water partition coefficient (Wildman–Crippen LogP) is 4.60. The molecule has 4 heteroatoms. The number of ether oxygens (including phenoxy) is 1. The number of hydrogen-bond acceptors (Lipinski definition) is 2. The van der Waals surface area contributed by atoms with Gasteiger partial charge in [0, 0.05) is 5.02 Å². The van der Waals surface area contributed by atoms with Crippen LogP contribution in [0.2, 0.25) is 10.0 Å². The largest absolute Gasteiger partial charge is 0.457 e. The van der Waals surface area contributed by atoms with Crippen molar-refractivity contribution in [2.75, 3.05) is 0 Å². The standard InChI is InChI=1S/C13H8Cl2O2/c14-9-4-6-10(7-5-9)17-13-3-1-2-12(15)11(13)8-16/h1-8H. The summed E-state index contributed by atoms with van der Waals surface area (Å²) < 4.78 is 5.56. The fourth-order valence-corrected chi connectivity index (χ4v) is 1.69. The summed E-state index contributed by atoms with van der Waals surface area (Å²) in [4.78, 5) is 10.9. The van der Waals surface area contributed by atoms with Crippen molar-refractivity contribution in [1.82, 2.24) is 0 Å². The highest BCUT2D eigenvalue weighted by atomic mass is 35.5. The van der Waals surface area contributed by atoms with Crippen LogP contribution in [0.3, 0.4) is 0 Å². The van der Waals surface area contributed by atoms with E-state index >= 15 is 0 Å². The number of carbonyl (C=O) groups excluding carboxylic acids is 1. The van der Waals surface area contributed by atoms with Crippen LogP contribution in [0.4, 0.5) is 0 Å². The lowest BCUT2D eigenvalue weighted by Gasteiger charge is -2.08. The Labute approximate surface area is 109 Å². The summed E-state index contributed by atoms with van der Waals surface area (Å²) >= 11 is 11.7. The van der Waals surface area contributed by atoms with Gasteiger partial charge in [0.2, 0.25) is 0 Å². The van der Waals surface area contributed by atoms with E-state index in [1.807, 2.05) is 0 Å². The normalized spacial score (nSPS) is 10.0. The molecule has 0 bridgehead atoms. The number of aldehydes is 1. The third-order valence-corrected chi connectivity index (χ3v) is 2.75. The molecule has 2 aromatic rings. The van der Waals surface area contributed by atoms with E-state index < -0.39 is 0 Å². The number of carbonyl (C=O) groups is 1. The number of hydrogen-bond donors (Lipinski definition) is 0. The monoisotopic (exact) mass is 266 g/mol. The molecule has 0 saturated heterocycles. The highest BCUT2D eigenvalue weighted by molar-refractivity contribution is 6.33. The van der Waals surface area contributed by atoms with Gasteiger partial charge in [-0.1, -0.05) is 29.3 Å². The number of rotatable bonds is 3. The van der Waals surface area contributed by atoms with Crippen molar-refractivity contribution in [2.24, 2.45) is 0 Å². The molecule has 0 aromatic heterocycles. The van der Waals surface area contributed by atoms with Gasteiger partial charge in [0.25, 0.3) is 0 Å². The summed E-state index contributed by atoms with van der Waals surface area (Å²) in [5, 5.41) is 0.991. The van der Waals surface area contributed by atoms with Gasteiger partial charge in [-0.2, -0.15) is 0 Å². The second-order valence-electron chi connectivity index (χ2n) is 3.33. The molecule has 2 aromatic carbocycles. The van der Waals surface area contributed by atoms with Crippen molar-refractivity contribution in [1.29, 1.82) is 0 Å². The van der Waals surface area contributed by atoms with Gasteiger partial charge in [-0.3, -0.25) is 4.79 Å². The molecule has 0 unspecified atom stereocenters. The zero-order valence-corrected chi connectivity index (χ0v) is 10.2. The Bertz CT molecular complexity index is 536. The minimum atomic E-state index is 0.337. The van der Waals surface area contributed by atoms with Crippen molar-refractivity contribution in [2.45, 2.75) is 0 Å². The predicted molar refractivity (Wildman–Crippen MR) is 68.4 cm³/mol. The molecule has 0 aliphatic heterocycles. The van der Waals surface area contributed by atoms with E-state index in [1.165, 1.54) is 0 Å². The quantitative estimate of drug-likeness (QED) is 0.760. The van der Waals surface area contributed by atoms with E-state index in [4.69, 9.17) is 27.9 Å². The first-order chi connectivity index (χ1) is 8.20. The van der Waals surface area contributed by atoms with Gasteiger partial charge in [0.15, 0.2) is 6.29 Å². The maximum Gasteiger partial charge on any atom is 0.155 e. The highest BCUT2D eigenvalue weighted by Gasteiger charge is 2.07. The lowest BCUT2D eigenvalue weighted by atomic mass is 10.2. The summed E-state index contributed by atoms with van der Waals surface area (Å²) in [5.41, 5.74) is 0.337. The maximum atomic E-state index is 10.9. The second-order valence-corrected chi connectivity index (χ2v) is 4.17. The lowest BCUT2D eigenvalue weighted by Crippen LogP contribution is -1.91. The Morgan fingerprint density at radius 1 is 1.00 bits per heavy atom. The molecule has 0 aliphatic carbocycles. The van der Waals surface area contributed by atoms with Crippen LogP contribution in [-0.2, 0) is 0 Å². The molecule has 0 heterocycles. The van der Waals surface area contributed by atoms with E-state index in [-0.39, 0.29) is 0 Å². The van der Waals surface area contributed by atoms with E-state index in [0.29, 0.717) is 33.4 Å². The molecule has 86 valence electrons. The van der Waals surface area contributed by atoms with Crippen molar-refractivity contribution >= 4 is 29.5 Å². The Morgan fingerprint density at radius 2 is 1.71 bits per heavy atom. The molecule has 0 amide bonds. The number of benzene rings is 2. The smallest absolute Gasteiger partial charge is 0.155 e. The average Bonchev–Trinajstić information content (AvgIpc) is 2.32. The summed E-state index contributed by atoms with van der Waals surface area (Å²) in [6.07, 6.45) is 0.674. The molecule has 0 saturated carbocycles. The third kappa shape index (κ3) is 2.78. The van der Waals surface area contributed by atoms with E-state index in [2.05, 4.69) is 0 Å². The van der Waals surface area contributed by atoms with Crippen molar-refractivity contribution in [3.05, 3.63) is 58.1 Å². The van der Waals surface area contributed by atoms with Crippen LogP contribution in [0.25, 0.3) is 0 Å². The van der Waals surface area contributed by atoms with Crippen molar-refractivity contribution < 1.29 is 9.53 Å². The van der Waals surface area contributed by atoms with E-state index in [0.717, 1.165) is 0 Å². The molecule has 0 radical (unpaired) electrons. The third-order valence-electron chi connectivity index (χ3n) is 2.17. The Hall–Kier alpha value is -1.51. The van der Waals surface area contributed by atoms with Crippen molar-refractivity contribution in [3.8, 4) is 11.5 Å². The molecule has 2 nitrogen and oxygen atoms in total. The van der Waals surface area contributed by atoms with E-state index in [1.54, 1.807) is 42.5 Å². The zero-order valence-electron chi connectivity index (χ0n) is 8.69. The highest BCUT2D eigenvalue weighted by Crippen LogP contribution is 2.29. The first-order valence-corrected chi connectivity index (χ1v) is 5.63. The van der Waals surface area contributed by atoms with Gasteiger partial charge < -0.3 is 4.74 Å². The summed E-state index contributed by atoms with van der Waals surface area (Å²) in [6, 6.07) is 11.9. The molecule has 17 heavy (non-hydrogen) atoms. The molecule has 2 rings (SSSR count). The average molecular weight is 267 g/mol. The van der Waals surface area contributed by atoms with Crippen LogP contribution in [-0.4, -0.2) is 6.29 Å². The summed E-state index contributed by atoms with van der Waals surface area (Å²) in [5.74, 6) is 1.02. The topological polar surface area (TPSA) is 26.3 Å². The van der Waals surface area contributed by atoms with Crippen LogP contribution < -0.4 is 4.74 Å². The lowest BCUT2D eigenvalue weighted by molar-refractivity contribution is 0.112. The van der Waals surface area contributed by atoms with Gasteiger partial charge in [-0.05, 0) is 36.4 Å². The van der Waals surface area contributed by atoms with Gasteiger partial charge >= 0.3 is 0 Å². The molecule has 0 spiro atoms. The van der Waals surface area contributed by atoms with Gasteiger partial charge in [-0.15, -0.1) is 0 Å². The van der Waals surface area contributed by atoms with Crippen LogP contribution in [0.5, 0.6) is 11.5 Å². The maximum absolute atomic E-state index is 10.9. The Kier molecular flexibility index (Phi) is 3.67. The fourth-order valence-electron chi connectivity index (χ4n) is 1.35. The van der Waals surface area contributed by atoms with Gasteiger partial charge in [0.1, 0.15) is 11.5 Å². The van der Waals surface area contributed by atoms with Crippen LogP contribution in [0.1, 0.15) is 10.4 Å². The first-order valence-electron chi connectivity index (χ1n) is 4.88. The molecule has 0 atom stereocenters. The first kappa shape index (κ1) is 12.0. The number of halogens is 2. The second kappa shape index (κ2) is 5.21. The molecule has 0 N–H and O–H groups in total. The minimum absolute atomic E-state index is 0.337. The van der Waals surface area contributed by atoms with Crippen LogP contribution in [0, 0.1) is 0 Å². The summed E-state index contributed by atoms with van der Waals surface area (Å²) in [7, 11) is 0. The molecule has 0 fully saturated rings. The van der Waals surface area contributed by atoms with Gasteiger partial charge in [-0.25, -0.2) is 0 Å². The molecular weight excluding hydrogens is 259 g/mol. The Balaban J connectivity index is 2.33. The van der Waals surface area contributed by atoms with E-state index in [9.17, 15) is 4.79 Å². The molecular formula is C13H8Cl2O2. The van der Waals surface area contributed by atoms with Crippen LogP contribution >= 0.6 is 23.2 Å². The van der Waals surface area contributed by atoms with Gasteiger partial charge in [0.05, 0.1) is 10.6 Å².